The van der Waals surface area contributed by atoms with Crippen LogP contribution in [0.4, 0.5) is 13.2 Å². The molecule has 0 bridgehead atoms. The molecule has 1 aliphatic rings. The smallest absolute Gasteiger partial charge is 0.166 e. The molecule has 0 spiro atoms. The van der Waals surface area contributed by atoms with Gasteiger partial charge in [-0.15, -0.1) is 6.58 Å². The second kappa shape index (κ2) is 12.9. The molecule has 0 nitrogen and oxygen atoms in total. The summed E-state index contributed by atoms with van der Waals surface area (Å²) in [6, 6.07) is 15.8. The van der Waals surface area contributed by atoms with E-state index in [0.29, 0.717) is 34.6 Å². The molecule has 0 aliphatic heterocycles. The molecule has 0 fully saturated rings. The van der Waals surface area contributed by atoms with Crippen LogP contribution in [0.2, 0.25) is 0 Å². The second-order valence-corrected chi connectivity index (χ2v) is 10.2. The second-order valence-electron chi connectivity index (χ2n) is 10.2. The van der Waals surface area contributed by atoms with E-state index < -0.39 is 11.6 Å². The summed E-state index contributed by atoms with van der Waals surface area (Å²) >= 11 is 0. The van der Waals surface area contributed by atoms with Crippen LogP contribution in [0.25, 0.3) is 27.8 Å². The summed E-state index contributed by atoms with van der Waals surface area (Å²) in [5, 5.41) is 0. The van der Waals surface area contributed by atoms with Crippen LogP contribution in [-0.2, 0) is 6.42 Å². The topological polar surface area (TPSA) is 0 Å². The van der Waals surface area contributed by atoms with Gasteiger partial charge in [-0.2, -0.15) is 0 Å². The number of halogens is 3. The highest BCUT2D eigenvalue weighted by Gasteiger charge is 2.17. The van der Waals surface area contributed by atoms with E-state index in [4.69, 9.17) is 0 Å². The van der Waals surface area contributed by atoms with Crippen LogP contribution in [-0.4, -0.2) is 0 Å². The average Bonchev–Trinajstić information content (AvgIpc) is 2.92. The van der Waals surface area contributed by atoms with E-state index in [9.17, 15) is 8.78 Å². The third kappa shape index (κ3) is 6.63. The Morgan fingerprint density at radius 1 is 0.838 bits per heavy atom. The molecule has 194 valence electrons. The van der Waals surface area contributed by atoms with Crippen molar-refractivity contribution in [1.29, 1.82) is 0 Å². The molecule has 1 unspecified atom stereocenters. The third-order valence-electron chi connectivity index (χ3n) is 7.61. The first-order valence-corrected chi connectivity index (χ1v) is 13.7. The molecule has 0 saturated heterocycles. The molecule has 0 saturated carbocycles. The molecule has 1 aliphatic carbocycles. The predicted molar refractivity (Wildman–Crippen MR) is 150 cm³/mol. The van der Waals surface area contributed by atoms with Crippen molar-refractivity contribution in [3.05, 3.63) is 102 Å². The highest BCUT2D eigenvalue weighted by atomic mass is 19.2. The fourth-order valence-electron chi connectivity index (χ4n) is 5.29. The fourth-order valence-corrected chi connectivity index (χ4v) is 5.29. The molecule has 1 atom stereocenters. The minimum atomic E-state index is -0.816. The summed E-state index contributed by atoms with van der Waals surface area (Å²) in [5.74, 6) is -1.17. The Balaban J connectivity index is 1.47. The molecule has 0 amide bonds. The molecular weight excluding hydrogens is 465 g/mol. The number of unbranched alkanes of at least 4 members (excludes halogenated alkanes) is 3. The SMILES string of the molecule is C=CCCC1CC=C(c2ccc(-c3ccc(-c4ccc(CCCCCC)c(F)c4F)cc3)c(F)c2)CC1. The van der Waals surface area contributed by atoms with E-state index in [0.717, 1.165) is 63.4 Å². The first kappa shape index (κ1) is 27.0. The predicted octanol–water partition coefficient (Wildman–Crippen LogP) is 10.7. The molecule has 0 heterocycles. The molecule has 0 N–H and O–H groups in total. The van der Waals surface area contributed by atoms with Gasteiger partial charge in [0.15, 0.2) is 11.6 Å². The lowest BCUT2D eigenvalue weighted by molar-refractivity contribution is 0.454. The maximum absolute atomic E-state index is 15.1. The summed E-state index contributed by atoms with van der Waals surface area (Å²) in [5.41, 5.74) is 4.60. The molecule has 0 radical (unpaired) electrons. The van der Waals surface area contributed by atoms with Gasteiger partial charge >= 0.3 is 0 Å². The van der Waals surface area contributed by atoms with Gasteiger partial charge in [-0.05, 0) is 84.8 Å². The van der Waals surface area contributed by atoms with Gasteiger partial charge in [0.05, 0.1) is 0 Å². The van der Waals surface area contributed by atoms with Crippen molar-refractivity contribution < 1.29 is 13.2 Å². The van der Waals surface area contributed by atoms with E-state index in [-0.39, 0.29) is 11.4 Å². The number of rotatable bonds is 11. The zero-order valence-electron chi connectivity index (χ0n) is 21.8. The third-order valence-corrected chi connectivity index (χ3v) is 7.61. The number of allylic oxidation sites excluding steroid dienone is 3. The number of aryl methyl sites for hydroxylation is 1. The Bertz CT molecular complexity index is 1240. The summed E-state index contributed by atoms with van der Waals surface area (Å²) in [6.45, 7) is 5.93. The summed E-state index contributed by atoms with van der Waals surface area (Å²) in [7, 11) is 0. The lowest BCUT2D eigenvalue weighted by atomic mass is 9.84. The molecule has 3 heteroatoms. The van der Waals surface area contributed by atoms with Gasteiger partial charge in [-0.1, -0.05) is 86.9 Å². The molecule has 4 rings (SSSR count). The molecule has 0 aromatic heterocycles. The number of benzene rings is 3. The van der Waals surface area contributed by atoms with Crippen molar-refractivity contribution in [3.63, 3.8) is 0 Å². The van der Waals surface area contributed by atoms with Crippen LogP contribution < -0.4 is 0 Å². The van der Waals surface area contributed by atoms with Crippen molar-refractivity contribution in [2.45, 2.75) is 71.1 Å². The van der Waals surface area contributed by atoms with E-state index in [2.05, 4.69) is 19.6 Å². The van der Waals surface area contributed by atoms with Gasteiger partial charge in [0, 0.05) is 11.1 Å². The van der Waals surface area contributed by atoms with E-state index in [1.165, 1.54) is 5.57 Å². The van der Waals surface area contributed by atoms with Crippen molar-refractivity contribution in [2.24, 2.45) is 5.92 Å². The lowest BCUT2D eigenvalue weighted by Gasteiger charge is -2.22. The molecule has 3 aromatic carbocycles. The van der Waals surface area contributed by atoms with Gasteiger partial charge in [-0.3, -0.25) is 0 Å². The van der Waals surface area contributed by atoms with Crippen LogP contribution in [0.1, 0.15) is 75.8 Å². The van der Waals surface area contributed by atoms with Crippen LogP contribution in [0.3, 0.4) is 0 Å². The average molecular weight is 503 g/mol. The Hall–Kier alpha value is -3.07. The Kier molecular flexibility index (Phi) is 9.44. The number of hydrogen-bond acceptors (Lipinski definition) is 0. The van der Waals surface area contributed by atoms with E-state index >= 15 is 4.39 Å². The van der Waals surface area contributed by atoms with Crippen molar-refractivity contribution in [3.8, 4) is 22.3 Å². The normalized spacial score (nSPS) is 15.5. The molecule has 3 aromatic rings. The standard InChI is InChI=1S/C34H37F3/c1-3-5-7-8-10-28-19-22-31(34(37)33(28)36)27-17-15-26(16-18-27)30-21-20-29(23-32(30)35)25-13-11-24(12-14-25)9-6-4-2/h4,13,15-24H,2-3,5-12,14H2,1H3. The van der Waals surface area contributed by atoms with Crippen LogP contribution in [0.15, 0.2) is 73.3 Å². The van der Waals surface area contributed by atoms with Crippen LogP contribution in [0, 0.1) is 23.4 Å². The van der Waals surface area contributed by atoms with Gasteiger partial charge in [-0.25, -0.2) is 13.2 Å². The maximum atomic E-state index is 15.1. The summed E-state index contributed by atoms with van der Waals surface area (Å²) < 4.78 is 44.7. The van der Waals surface area contributed by atoms with Gasteiger partial charge in [0.2, 0.25) is 0 Å². The Morgan fingerprint density at radius 2 is 1.54 bits per heavy atom. The molecule has 37 heavy (non-hydrogen) atoms. The minimum absolute atomic E-state index is 0.229. The van der Waals surface area contributed by atoms with Gasteiger partial charge < -0.3 is 0 Å². The first-order valence-electron chi connectivity index (χ1n) is 13.7. The zero-order chi connectivity index (χ0) is 26.2. The zero-order valence-corrected chi connectivity index (χ0v) is 21.8. The maximum Gasteiger partial charge on any atom is 0.166 e. The van der Waals surface area contributed by atoms with E-state index in [1.54, 1.807) is 42.5 Å². The van der Waals surface area contributed by atoms with Gasteiger partial charge in [0.1, 0.15) is 5.82 Å². The number of hydrogen-bond donors (Lipinski definition) is 0. The first-order chi connectivity index (χ1) is 18.0. The van der Waals surface area contributed by atoms with Crippen molar-refractivity contribution in [2.75, 3.05) is 0 Å². The van der Waals surface area contributed by atoms with Crippen LogP contribution >= 0.6 is 0 Å². The highest BCUT2D eigenvalue weighted by Crippen LogP contribution is 2.35. The monoisotopic (exact) mass is 502 g/mol. The van der Waals surface area contributed by atoms with Crippen molar-refractivity contribution >= 4 is 5.57 Å². The quantitative estimate of drug-likeness (QED) is 0.181. The van der Waals surface area contributed by atoms with E-state index in [1.807, 2.05) is 18.2 Å². The Labute approximate surface area is 219 Å². The fraction of sp³-hybridized carbons (Fsp3) is 0.353. The molecular formula is C34H37F3. The van der Waals surface area contributed by atoms with Crippen molar-refractivity contribution in [1.82, 2.24) is 0 Å². The largest absolute Gasteiger partial charge is 0.206 e. The highest BCUT2D eigenvalue weighted by molar-refractivity contribution is 5.74. The summed E-state index contributed by atoms with van der Waals surface area (Å²) in [4.78, 5) is 0. The minimum Gasteiger partial charge on any atom is -0.206 e. The van der Waals surface area contributed by atoms with Gasteiger partial charge in [0.25, 0.3) is 0 Å². The summed E-state index contributed by atoms with van der Waals surface area (Å²) in [6.07, 6.45) is 14.2. The lowest BCUT2D eigenvalue weighted by Crippen LogP contribution is -2.05. The van der Waals surface area contributed by atoms with Crippen LogP contribution in [0.5, 0.6) is 0 Å². The Morgan fingerprint density at radius 3 is 2.19 bits per heavy atom.